The van der Waals surface area contributed by atoms with E-state index in [-0.39, 0.29) is 21.8 Å². The minimum atomic E-state index is -0.740. The lowest BCUT2D eigenvalue weighted by atomic mass is 10.0. The third-order valence-electron chi connectivity index (χ3n) is 2.73. The highest BCUT2D eigenvalue weighted by atomic mass is 35.5. The molecule has 21 heavy (non-hydrogen) atoms. The molecule has 0 fully saturated rings. The van der Waals surface area contributed by atoms with E-state index in [1.807, 2.05) is 0 Å². The zero-order valence-corrected chi connectivity index (χ0v) is 11.1. The average Bonchev–Trinajstić information content (AvgIpc) is 2.46. The van der Waals surface area contributed by atoms with Crippen LogP contribution in [0.3, 0.4) is 0 Å². The molecule has 2 aromatic carbocycles. The van der Waals surface area contributed by atoms with Crippen molar-refractivity contribution in [1.29, 1.82) is 0 Å². The van der Waals surface area contributed by atoms with Crippen LogP contribution < -0.4 is 0 Å². The number of ketones is 1. The molecule has 106 valence electrons. The first kappa shape index (κ1) is 14.6. The van der Waals surface area contributed by atoms with E-state index in [0.29, 0.717) is 0 Å². The van der Waals surface area contributed by atoms with Gasteiger partial charge < -0.3 is 0 Å². The predicted molar refractivity (Wildman–Crippen MR) is 74.6 cm³/mol. The van der Waals surface area contributed by atoms with Crippen LogP contribution in [0.4, 0.5) is 11.4 Å². The highest BCUT2D eigenvalue weighted by Crippen LogP contribution is 2.29. The fourth-order valence-electron chi connectivity index (χ4n) is 1.79. The highest BCUT2D eigenvalue weighted by molar-refractivity contribution is 6.35. The van der Waals surface area contributed by atoms with Crippen LogP contribution in [0, 0.1) is 20.2 Å². The summed E-state index contributed by atoms with van der Waals surface area (Å²) in [5.74, 6) is -0.740. The van der Waals surface area contributed by atoms with Gasteiger partial charge in [0.25, 0.3) is 11.4 Å². The fraction of sp³-hybridized carbons (Fsp3) is 0. The Morgan fingerprint density at radius 1 is 1.00 bits per heavy atom. The minimum Gasteiger partial charge on any atom is -0.288 e. The summed E-state index contributed by atoms with van der Waals surface area (Å²) in [6, 6.07) is 8.78. The molecule has 7 nitrogen and oxygen atoms in total. The number of halogens is 1. The second kappa shape index (κ2) is 5.68. The number of nitrogens with zero attached hydrogens (tertiary/aromatic N) is 2. The molecule has 0 aromatic heterocycles. The van der Waals surface area contributed by atoms with Crippen molar-refractivity contribution in [1.82, 2.24) is 0 Å². The van der Waals surface area contributed by atoms with Gasteiger partial charge in [0, 0.05) is 23.8 Å². The number of nitro benzene ring substituents is 2. The molecule has 2 rings (SSSR count). The predicted octanol–water partition coefficient (Wildman–Crippen LogP) is 3.39. The number of hydrogen-bond donors (Lipinski definition) is 0. The molecule has 0 unspecified atom stereocenters. The molecule has 0 aliphatic heterocycles. The van der Waals surface area contributed by atoms with Crippen molar-refractivity contribution in [3.8, 4) is 0 Å². The van der Waals surface area contributed by atoms with Gasteiger partial charge in [-0.1, -0.05) is 29.8 Å². The summed E-state index contributed by atoms with van der Waals surface area (Å²) < 4.78 is 0. The molecule has 0 heterocycles. The molecule has 0 aliphatic rings. The van der Waals surface area contributed by atoms with Crippen LogP contribution in [-0.2, 0) is 0 Å². The van der Waals surface area contributed by atoms with Crippen molar-refractivity contribution in [3.05, 3.63) is 78.8 Å². The van der Waals surface area contributed by atoms with Gasteiger partial charge in [-0.25, -0.2) is 0 Å². The number of rotatable bonds is 4. The molecule has 0 saturated carbocycles. The zero-order chi connectivity index (χ0) is 15.6. The van der Waals surface area contributed by atoms with Crippen molar-refractivity contribution in [2.24, 2.45) is 0 Å². The first-order valence-electron chi connectivity index (χ1n) is 5.64. The summed E-state index contributed by atoms with van der Waals surface area (Å²) in [5.41, 5.74) is -1.06. The molecule has 0 aliphatic carbocycles. The molecule has 0 saturated heterocycles. The molecule has 8 heteroatoms. The van der Waals surface area contributed by atoms with E-state index < -0.39 is 21.3 Å². The second-order valence-electron chi connectivity index (χ2n) is 4.03. The summed E-state index contributed by atoms with van der Waals surface area (Å²) in [7, 11) is 0. The highest BCUT2D eigenvalue weighted by Gasteiger charge is 2.25. The topological polar surface area (TPSA) is 103 Å². The fourth-order valence-corrected chi connectivity index (χ4v) is 2.05. The van der Waals surface area contributed by atoms with Gasteiger partial charge in [-0.2, -0.15) is 0 Å². The van der Waals surface area contributed by atoms with Crippen molar-refractivity contribution >= 4 is 28.8 Å². The third-order valence-corrected chi connectivity index (χ3v) is 3.05. The Morgan fingerprint density at radius 2 is 1.67 bits per heavy atom. The summed E-state index contributed by atoms with van der Waals surface area (Å²) in [6.07, 6.45) is 0. The number of carbonyl (C=O) groups is 1. The number of nitro groups is 2. The van der Waals surface area contributed by atoms with Crippen LogP contribution in [0.2, 0.25) is 5.02 Å². The van der Waals surface area contributed by atoms with Gasteiger partial charge >= 0.3 is 0 Å². The van der Waals surface area contributed by atoms with E-state index in [9.17, 15) is 25.0 Å². The molecule has 0 amide bonds. The molecule has 0 radical (unpaired) electrons. The van der Waals surface area contributed by atoms with Gasteiger partial charge in [0.2, 0.25) is 5.78 Å². The monoisotopic (exact) mass is 306 g/mol. The maximum Gasteiger partial charge on any atom is 0.282 e. The average molecular weight is 307 g/mol. The first-order chi connectivity index (χ1) is 9.91. The molecular weight excluding hydrogens is 300 g/mol. The Labute approximate surface area is 123 Å². The summed E-state index contributed by atoms with van der Waals surface area (Å²) in [6.45, 7) is 0. The van der Waals surface area contributed by atoms with E-state index in [1.165, 1.54) is 30.3 Å². The van der Waals surface area contributed by atoms with Crippen LogP contribution in [0.25, 0.3) is 0 Å². The van der Waals surface area contributed by atoms with E-state index >= 15 is 0 Å². The number of non-ortho nitro benzene ring substituents is 1. The largest absolute Gasteiger partial charge is 0.288 e. The quantitative estimate of drug-likeness (QED) is 0.489. The summed E-state index contributed by atoms with van der Waals surface area (Å²) >= 11 is 5.86. The van der Waals surface area contributed by atoms with Crippen molar-refractivity contribution in [2.45, 2.75) is 0 Å². The normalized spacial score (nSPS) is 10.1. The lowest BCUT2D eigenvalue weighted by Gasteiger charge is -2.04. The Hall–Kier alpha value is -2.80. The second-order valence-corrected chi connectivity index (χ2v) is 4.43. The summed E-state index contributed by atoms with van der Waals surface area (Å²) in [5, 5.41) is 21.6. The SMILES string of the molecule is O=C(c1cccc([N+](=O)[O-])c1)c1c(Cl)cccc1[N+](=O)[O-]. The zero-order valence-electron chi connectivity index (χ0n) is 10.4. The maximum atomic E-state index is 12.4. The molecule has 0 spiro atoms. The molecule has 0 N–H and O–H groups in total. The third kappa shape index (κ3) is 2.87. The first-order valence-corrected chi connectivity index (χ1v) is 6.01. The Morgan fingerprint density at radius 3 is 2.29 bits per heavy atom. The van der Waals surface area contributed by atoms with E-state index in [4.69, 9.17) is 11.6 Å². The molecule has 2 aromatic rings. The van der Waals surface area contributed by atoms with Gasteiger partial charge in [-0.15, -0.1) is 0 Å². The maximum absolute atomic E-state index is 12.4. The van der Waals surface area contributed by atoms with Gasteiger partial charge in [0.05, 0.1) is 14.9 Å². The van der Waals surface area contributed by atoms with Gasteiger partial charge in [-0.3, -0.25) is 25.0 Å². The van der Waals surface area contributed by atoms with Crippen LogP contribution in [-0.4, -0.2) is 15.6 Å². The van der Waals surface area contributed by atoms with Crippen molar-refractivity contribution < 1.29 is 14.6 Å². The molecule has 0 atom stereocenters. The molecule has 0 bridgehead atoms. The Kier molecular flexibility index (Phi) is 3.95. The Balaban J connectivity index is 2.58. The van der Waals surface area contributed by atoms with Gasteiger partial charge in [-0.05, 0) is 6.07 Å². The smallest absolute Gasteiger partial charge is 0.282 e. The number of benzene rings is 2. The standard InChI is InChI=1S/C13H7ClN2O5/c14-10-5-2-6-11(16(20)21)12(10)13(17)8-3-1-4-9(7-8)15(18)19/h1-7H. The van der Waals surface area contributed by atoms with E-state index in [0.717, 1.165) is 12.1 Å². The lowest BCUT2D eigenvalue weighted by Crippen LogP contribution is -2.06. The molecular formula is C13H7ClN2O5. The van der Waals surface area contributed by atoms with Crippen molar-refractivity contribution in [2.75, 3.05) is 0 Å². The van der Waals surface area contributed by atoms with Crippen molar-refractivity contribution in [3.63, 3.8) is 0 Å². The van der Waals surface area contributed by atoms with Crippen LogP contribution in [0.15, 0.2) is 42.5 Å². The van der Waals surface area contributed by atoms with E-state index in [1.54, 1.807) is 0 Å². The number of carbonyl (C=O) groups excluding carboxylic acids is 1. The van der Waals surface area contributed by atoms with Gasteiger partial charge in [0.15, 0.2) is 0 Å². The minimum absolute atomic E-state index is 0.0413. The lowest BCUT2D eigenvalue weighted by molar-refractivity contribution is -0.385. The van der Waals surface area contributed by atoms with Crippen LogP contribution >= 0.6 is 11.6 Å². The van der Waals surface area contributed by atoms with Crippen LogP contribution in [0.5, 0.6) is 0 Å². The van der Waals surface area contributed by atoms with Gasteiger partial charge in [0.1, 0.15) is 5.56 Å². The summed E-state index contributed by atoms with van der Waals surface area (Å²) in [4.78, 5) is 32.7. The number of hydrogen-bond acceptors (Lipinski definition) is 5. The van der Waals surface area contributed by atoms with Crippen LogP contribution in [0.1, 0.15) is 15.9 Å². The Bertz CT molecular complexity index is 760. The van der Waals surface area contributed by atoms with E-state index in [2.05, 4.69) is 0 Å².